The molecule has 0 spiro atoms. The third-order valence-electron chi connectivity index (χ3n) is 3.75. The van der Waals surface area contributed by atoms with Crippen molar-refractivity contribution in [3.63, 3.8) is 0 Å². The minimum absolute atomic E-state index is 0.188. The number of nitrogens with zero attached hydrogens (tertiary/aromatic N) is 5. The Morgan fingerprint density at radius 2 is 1.95 bits per heavy atom. The molecule has 7 nitrogen and oxygen atoms in total. The van der Waals surface area contributed by atoms with Gasteiger partial charge in [0.05, 0.1) is 18.8 Å². The van der Waals surface area contributed by atoms with E-state index in [9.17, 15) is 0 Å². The van der Waals surface area contributed by atoms with Crippen LogP contribution in [0.3, 0.4) is 0 Å². The quantitative estimate of drug-likeness (QED) is 0.879. The highest BCUT2D eigenvalue weighted by Gasteiger charge is 2.26. The minimum atomic E-state index is 0.188. The van der Waals surface area contributed by atoms with Crippen molar-refractivity contribution in [3.8, 4) is 0 Å². The molecule has 118 valence electrons. The van der Waals surface area contributed by atoms with Crippen molar-refractivity contribution in [2.45, 2.75) is 39.8 Å². The van der Waals surface area contributed by atoms with E-state index < -0.39 is 0 Å². The van der Waals surface area contributed by atoms with Crippen molar-refractivity contribution in [2.24, 2.45) is 0 Å². The molecule has 21 heavy (non-hydrogen) atoms. The van der Waals surface area contributed by atoms with E-state index in [0.717, 1.165) is 31.5 Å². The first-order chi connectivity index (χ1) is 10.1. The monoisotopic (exact) mass is 294 g/mol. The van der Waals surface area contributed by atoms with E-state index in [1.165, 1.54) is 0 Å². The average molecular weight is 294 g/mol. The lowest BCUT2D eigenvalue weighted by atomic mass is 10.2. The van der Waals surface area contributed by atoms with Crippen molar-refractivity contribution < 1.29 is 4.74 Å². The summed E-state index contributed by atoms with van der Waals surface area (Å²) in [6.45, 7) is 11.7. The smallest absolute Gasteiger partial charge is 0.232 e. The van der Waals surface area contributed by atoms with Gasteiger partial charge in [-0.05, 0) is 27.7 Å². The lowest BCUT2D eigenvalue weighted by Crippen LogP contribution is -2.48. The molecule has 0 aromatic carbocycles. The summed E-state index contributed by atoms with van der Waals surface area (Å²) in [6, 6.07) is 0.262. The second-order valence-electron chi connectivity index (χ2n) is 5.33. The second kappa shape index (κ2) is 6.89. The zero-order chi connectivity index (χ0) is 15.4. The van der Waals surface area contributed by atoms with Gasteiger partial charge in [0.1, 0.15) is 0 Å². The summed E-state index contributed by atoms with van der Waals surface area (Å²) in [7, 11) is 1.83. The molecule has 2 rings (SSSR count). The Hall–Kier alpha value is -1.63. The van der Waals surface area contributed by atoms with E-state index in [1.54, 1.807) is 0 Å². The van der Waals surface area contributed by atoms with Crippen molar-refractivity contribution in [3.05, 3.63) is 0 Å². The molecule has 7 heteroatoms. The Bertz CT molecular complexity index is 465. The molecule has 1 aliphatic rings. The van der Waals surface area contributed by atoms with Crippen molar-refractivity contribution in [2.75, 3.05) is 48.4 Å². The van der Waals surface area contributed by atoms with Gasteiger partial charge in [0.2, 0.25) is 17.8 Å². The number of aromatic nitrogens is 3. The molecule has 1 fully saturated rings. The van der Waals surface area contributed by atoms with Crippen molar-refractivity contribution in [1.82, 2.24) is 15.0 Å². The standard InChI is InChI=1S/C14H26N6O/c1-6-19(7-2)13-16-12(15-5)17-14(18-13)20-8-11(4)21-9-10(20)3/h10-11H,6-9H2,1-5H3,(H,15,16,17,18). The topological polar surface area (TPSA) is 66.4 Å². The molecule has 1 N–H and O–H groups in total. The fourth-order valence-corrected chi connectivity index (χ4v) is 2.42. The summed E-state index contributed by atoms with van der Waals surface area (Å²) in [5.74, 6) is 2.05. The van der Waals surface area contributed by atoms with Crippen LogP contribution in [0, 0.1) is 0 Å². The van der Waals surface area contributed by atoms with Gasteiger partial charge in [-0.3, -0.25) is 0 Å². The molecule has 0 bridgehead atoms. The van der Waals surface area contributed by atoms with Crippen molar-refractivity contribution >= 4 is 17.8 Å². The van der Waals surface area contributed by atoms with Crippen LogP contribution in [-0.4, -0.2) is 60.4 Å². The number of nitrogens with one attached hydrogen (secondary N) is 1. The van der Waals surface area contributed by atoms with E-state index >= 15 is 0 Å². The number of ether oxygens (including phenoxy) is 1. The van der Waals surface area contributed by atoms with Crippen LogP contribution in [0.15, 0.2) is 0 Å². The highest BCUT2D eigenvalue weighted by molar-refractivity contribution is 5.45. The molecular formula is C14H26N6O. The molecule has 0 radical (unpaired) electrons. The van der Waals surface area contributed by atoms with E-state index in [1.807, 2.05) is 7.05 Å². The molecule has 0 aliphatic carbocycles. The van der Waals surface area contributed by atoms with Gasteiger partial charge < -0.3 is 19.9 Å². The number of rotatable bonds is 5. The predicted molar refractivity (Wildman–Crippen MR) is 85.2 cm³/mol. The fraction of sp³-hybridized carbons (Fsp3) is 0.786. The lowest BCUT2D eigenvalue weighted by molar-refractivity contribution is 0.0337. The molecule has 2 atom stereocenters. The van der Waals surface area contributed by atoms with Gasteiger partial charge >= 0.3 is 0 Å². The Balaban J connectivity index is 2.35. The zero-order valence-electron chi connectivity index (χ0n) is 13.6. The maximum atomic E-state index is 5.68. The first-order valence-corrected chi connectivity index (χ1v) is 7.66. The largest absolute Gasteiger partial charge is 0.375 e. The maximum Gasteiger partial charge on any atom is 0.232 e. The van der Waals surface area contributed by atoms with Gasteiger partial charge in [-0.2, -0.15) is 15.0 Å². The molecule has 2 unspecified atom stereocenters. The molecule has 1 saturated heterocycles. The minimum Gasteiger partial charge on any atom is -0.375 e. The Kier molecular flexibility index (Phi) is 5.17. The van der Waals surface area contributed by atoms with E-state index in [4.69, 9.17) is 4.74 Å². The summed E-state index contributed by atoms with van der Waals surface area (Å²) in [5, 5.41) is 3.03. The van der Waals surface area contributed by atoms with Crippen LogP contribution in [0.1, 0.15) is 27.7 Å². The predicted octanol–water partition coefficient (Wildman–Crippen LogP) is 1.37. The molecule has 0 saturated carbocycles. The zero-order valence-corrected chi connectivity index (χ0v) is 13.6. The summed E-state index contributed by atoms with van der Waals surface area (Å²) >= 11 is 0. The Morgan fingerprint density at radius 1 is 1.24 bits per heavy atom. The fourth-order valence-electron chi connectivity index (χ4n) is 2.42. The summed E-state index contributed by atoms with van der Waals surface area (Å²) in [4.78, 5) is 18.0. The number of hydrogen-bond acceptors (Lipinski definition) is 7. The van der Waals surface area contributed by atoms with Gasteiger partial charge in [-0.1, -0.05) is 0 Å². The molecule has 1 aromatic rings. The molecular weight excluding hydrogens is 268 g/mol. The second-order valence-corrected chi connectivity index (χ2v) is 5.33. The van der Waals surface area contributed by atoms with Crippen LogP contribution in [0.2, 0.25) is 0 Å². The maximum absolute atomic E-state index is 5.68. The first kappa shape index (κ1) is 15.8. The Labute approximate surface area is 126 Å². The van der Waals surface area contributed by atoms with Gasteiger partial charge in [0, 0.05) is 26.7 Å². The Morgan fingerprint density at radius 3 is 2.57 bits per heavy atom. The molecule has 0 amide bonds. The van der Waals surface area contributed by atoms with Crippen LogP contribution < -0.4 is 15.1 Å². The van der Waals surface area contributed by atoms with Crippen LogP contribution in [-0.2, 0) is 4.74 Å². The average Bonchev–Trinajstić information content (AvgIpc) is 2.50. The van der Waals surface area contributed by atoms with Crippen LogP contribution in [0.5, 0.6) is 0 Å². The highest BCUT2D eigenvalue weighted by atomic mass is 16.5. The summed E-state index contributed by atoms with van der Waals surface area (Å²) in [5.41, 5.74) is 0. The van der Waals surface area contributed by atoms with Crippen LogP contribution in [0.4, 0.5) is 17.8 Å². The number of morpholine rings is 1. The molecule has 2 heterocycles. The van der Waals surface area contributed by atoms with E-state index in [2.05, 4.69) is 57.8 Å². The van der Waals surface area contributed by atoms with Gasteiger partial charge in [-0.25, -0.2) is 0 Å². The SMILES string of the molecule is CCN(CC)c1nc(NC)nc(N2CC(C)OCC2C)n1. The highest BCUT2D eigenvalue weighted by Crippen LogP contribution is 2.21. The summed E-state index contributed by atoms with van der Waals surface area (Å²) < 4.78 is 5.68. The van der Waals surface area contributed by atoms with E-state index in [-0.39, 0.29) is 12.1 Å². The third kappa shape index (κ3) is 3.53. The first-order valence-electron chi connectivity index (χ1n) is 7.66. The molecule has 1 aromatic heterocycles. The number of hydrogen-bond donors (Lipinski definition) is 1. The lowest BCUT2D eigenvalue weighted by Gasteiger charge is -2.37. The van der Waals surface area contributed by atoms with Gasteiger partial charge in [-0.15, -0.1) is 0 Å². The number of anilines is 3. The van der Waals surface area contributed by atoms with Crippen LogP contribution in [0.25, 0.3) is 0 Å². The van der Waals surface area contributed by atoms with Gasteiger partial charge in [0.25, 0.3) is 0 Å². The summed E-state index contributed by atoms with van der Waals surface area (Å²) in [6.07, 6.45) is 0.188. The molecule has 1 aliphatic heterocycles. The van der Waals surface area contributed by atoms with Crippen LogP contribution >= 0.6 is 0 Å². The van der Waals surface area contributed by atoms with Crippen molar-refractivity contribution in [1.29, 1.82) is 0 Å². The normalized spacial score (nSPS) is 22.2. The third-order valence-corrected chi connectivity index (χ3v) is 3.75. The van der Waals surface area contributed by atoms with E-state index in [0.29, 0.717) is 12.6 Å². The van der Waals surface area contributed by atoms with Gasteiger partial charge in [0.15, 0.2) is 0 Å².